The molecule has 0 heterocycles. The summed E-state index contributed by atoms with van der Waals surface area (Å²) >= 11 is 0. The number of amides is 1. The average molecular weight is 182 g/mol. The predicted molar refractivity (Wildman–Crippen MR) is 49.0 cm³/mol. The number of carbonyl (C=O) groups excluding carboxylic acids is 1. The van der Waals surface area contributed by atoms with Crippen molar-refractivity contribution in [1.82, 2.24) is 0 Å². The number of carbonyl (C=O) groups is 1. The third kappa shape index (κ3) is 5.85. The number of nitriles is 1. The van der Waals surface area contributed by atoms with E-state index in [9.17, 15) is 10.0 Å². The van der Waals surface area contributed by atoms with Crippen LogP contribution in [0, 0.1) is 22.5 Å². The molecule has 0 aromatic heterocycles. The minimum atomic E-state index is -0.469. The number of nitrogens with zero attached hydrogens (tertiary/aromatic N) is 2. The fourth-order valence-electron chi connectivity index (χ4n) is 0.783. The van der Waals surface area contributed by atoms with E-state index >= 15 is 0 Å². The van der Waals surface area contributed by atoms with E-state index < -0.39 is 5.91 Å². The molecule has 0 N–H and O–H groups in total. The molecule has 0 aliphatic carbocycles. The third-order valence-electron chi connectivity index (χ3n) is 1.36. The van der Waals surface area contributed by atoms with Gasteiger partial charge in [0.2, 0.25) is 0 Å². The molecule has 0 saturated heterocycles. The predicted octanol–water partition coefficient (Wildman–Crippen LogP) is 1.44. The molecule has 0 bridgehead atoms. The van der Waals surface area contributed by atoms with Crippen LogP contribution >= 0.6 is 0 Å². The summed E-state index contributed by atoms with van der Waals surface area (Å²) in [6.07, 6.45) is 2.26. The number of hydrogen-bond acceptors (Lipinski definition) is 3. The van der Waals surface area contributed by atoms with Gasteiger partial charge in [-0.3, -0.25) is 0 Å². The summed E-state index contributed by atoms with van der Waals surface area (Å²) in [5.74, 6) is -0.402. The maximum atomic E-state index is 11.0. The quantitative estimate of drug-likeness (QED) is 0.217. The highest BCUT2D eigenvalue weighted by Gasteiger charge is 2.10. The lowest BCUT2D eigenvalue weighted by Gasteiger charge is -2.01. The Labute approximate surface area is 78.1 Å². The molecule has 0 atom stereocenters. The molecule has 0 aliphatic rings. The molecule has 0 saturated carbocycles. The van der Waals surface area contributed by atoms with E-state index in [1.54, 1.807) is 0 Å². The van der Waals surface area contributed by atoms with Crippen LogP contribution in [0.3, 0.4) is 0 Å². The van der Waals surface area contributed by atoms with Crippen LogP contribution in [0.25, 0.3) is 0 Å². The first-order chi connectivity index (χ1) is 6.07. The molecule has 4 nitrogen and oxygen atoms in total. The zero-order chi connectivity index (χ0) is 10.3. The molecular weight excluding hydrogens is 168 g/mol. The fourth-order valence-corrected chi connectivity index (χ4v) is 0.783. The second kappa shape index (κ2) is 6.18. The van der Waals surface area contributed by atoms with Gasteiger partial charge < -0.3 is 5.21 Å². The Morgan fingerprint density at radius 1 is 1.69 bits per heavy atom. The molecule has 0 radical (unpaired) electrons. The Kier molecular flexibility index (Phi) is 5.53. The van der Waals surface area contributed by atoms with Crippen molar-refractivity contribution in [3.05, 3.63) is 5.21 Å². The van der Waals surface area contributed by atoms with E-state index in [1.165, 1.54) is 6.21 Å². The standard InChI is InChI=1S/C9H14N2O2/c1-8(2)7-11(13)9(12)5-3-4-6-10/h7-8H,3-5H2,1-2H3. The molecule has 0 aromatic carbocycles. The van der Waals surface area contributed by atoms with Crippen LogP contribution < -0.4 is 0 Å². The summed E-state index contributed by atoms with van der Waals surface area (Å²) in [6, 6.07) is 1.92. The van der Waals surface area contributed by atoms with Gasteiger partial charge in [0, 0.05) is 12.3 Å². The van der Waals surface area contributed by atoms with Crippen molar-refractivity contribution in [3.63, 3.8) is 0 Å². The molecule has 1 amide bonds. The normalized spacial score (nSPS) is 11.4. The molecule has 72 valence electrons. The van der Waals surface area contributed by atoms with Gasteiger partial charge in [-0.25, -0.2) is 4.79 Å². The van der Waals surface area contributed by atoms with Crippen molar-refractivity contribution in [2.75, 3.05) is 0 Å². The topological polar surface area (TPSA) is 66.9 Å². The second-order valence-electron chi connectivity index (χ2n) is 3.12. The molecule has 13 heavy (non-hydrogen) atoms. The van der Waals surface area contributed by atoms with E-state index in [-0.39, 0.29) is 12.3 Å². The van der Waals surface area contributed by atoms with Gasteiger partial charge in [0.25, 0.3) is 0 Å². The molecular formula is C9H14N2O2. The van der Waals surface area contributed by atoms with Crippen molar-refractivity contribution < 1.29 is 9.53 Å². The van der Waals surface area contributed by atoms with E-state index in [0.29, 0.717) is 17.6 Å². The van der Waals surface area contributed by atoms with Gasteiger partial charge in [-0.1, -0.05) is 13.8 Å². The molecule has 0 rings (SSSR count). The van der Waals surface area contributed by atoms with Gasteiger partial charge in [0.05, 0.1) is 12.5 Å². The van der Waals surface area contributed by atoms with Crippen molar-refractivity contribution in [1.29, 1.82) is 5.26 Å². The lowest BCUT2D eigenvalue weighted by Crippen LogP contribution is -2.17. The van der Waals surface area contributed by atoms with Crippen LogP contribution in [0.15, 0.2) is 0 Å². The molecule has 0 fully saturated rings. The van der Waals surface area contributed by atoms with Gasteiger partial charge in [0.15, 0.2) is 6.21 Å². The van der Waals surface area contributed by atoms with Crippen molar-refractivity contribution in [2.45, 2.75) is 33.1 Å². The molecule has 0 unspecified atom stereocenters. The van der Waals surface area contributed by atoms with Gasteiger partial charge in [-0.2, -0.15) is 5.26 Å². The zero-order valence-corrected chi connectivity index (χ0v) is 7.99. The van der Waals surface area contributed by atoms with E-state index in [4.69, 9.17) is 5.26 Å². The molecule has 0 aliphatic heterocycles. The third-order valence-corrected chi connectivity index (χ3v) is 1.36. The number of unbranched alkanes of at least 4 members (excludes halogenated alkanes) is 1. The highest BCUT2D eigenvalue weighted by molar-refractivity contribution is 5.73. The van der Waals surface area contributed by atoms with Gasteiger partial charge in [0.1, 0.15) is 0 Å². The van der Waals surface area contributed by atoms with Gasteiger partial charge in [-0.15, -0.1) is 4.74 Å². The molecule has 0 spiro atoms. The Morgan fingerprint density at radius 3 is 2.77 bits per heavy atom. The summed E-state index contributed by atoms with van der Waals surface area (Å²) < 4.78 is 0.363. The first-order valence-electron chi connectivity index (χ1n) is 4.29. The summed E-state index contributed by atoms with van der Waals surface area (Å²) in [6.45, 7) is 3.65. The summed E-state index contributed by atoms with van der Waals surface area (Å²) in [5.41, 5.74) is 0. The number of rotatable bonds is 4. The molecule has 0 aromatic rings. The summed E-state index contributed by atoms with van der Waals surface area (Å²) in [7, 11) is 0. The van der Waals surface area contributed by atoms with Crippen LogP contribution in [-0.4, -0.2) is 16.9 Å². The smallest absolute Gasteiger partial charge is 0.397 e. The van der Waals surface area contributed by atoms with Crippen molar-refractivity contribution >= 4 is 12.1 Å². The average Bonchev–Trinajstić information content (AvgIpc) is 2.03. The molecule has 4 heteroatoms. The Hall–Kier alpha value is -1.37. The van der Waals surface area contributed by atoms with Crippen molar-refractivity contribution in [3.8, 4) is 6.07 Å². The lowest BCUT2D eigenvalue weighted by atomic mass is 10.2. The lowest BCUT2D eigenvalue weighted by molar-refractivity contribution is -0.380. The van der Waals surface area contributed by atoms with Crippen LogP contribution in [0.1, 0.15) is 33.1 Å². The van der Waals surface area contributed by atoms with E-state index in [2.05, 4.69) is 0 Å². The Balaban J connectivity index is 3.91. The highest BCUT2D eigenvalue weighted by Crippen LogP contribution is 1.96. The van der Waals surface area contributed by atoms with Crippen LogP contribution in [-0.2, 0) is 4.79 Å². The minimum Gasteiger partial charge on any atom is -0.616 e. The Bertz CT molecular complexity index is 238. The van der Waals surface area contributed by atoms with Crippen LogP contribution in [0.4, 0.5) is 0 Å². The van der Waals surface area contributed by atoms with E-state index in [1.807, 2.05) is 19.9 Å². The Morgan fingerprint density at radius 2 is 2.31 bits per heavy atom. The summed E-state index contributed by atoms with van der Waals surface area (Å²) in [5, 5.41) is 19.2. The first-order valence-corrected chi connectivity index (χ1v) is 4.29. The van der Waals surface area contributed by atoms with Crippen molar-refractivity contribution in [2.24, 2.45) is 5.92 Å². The maximum Gasteiger partial charge on any atom is 0.397 e. The van der Waals surface area contributed by atoms with Crippen LogP contribution in [0.2, 0.25) is 0 Å². The van der Waals surface area contributed by atoms with E-state index in [0.717, 1.165) is 0 Å². The fraction of sp³-hybridized carbons (Fsp3) is 0.667. The number of hydroxylamine groups is 1. The van der Waals surface area contributed by atoms with Gasteiger partial charge >= 0.3 is 5.91 Å². The highest BCUT2D eigenvalue weighted by atomic mass is 16.5. The largest absolute Gasteiger partial charge is 0.616 e. The summed E-state index contributed by atoms with van der Waals surface area (Å²) in [4.78, 5) is 11.0. The van der Waals surface area contributed by atoms with Crippen LogP contribution in [0.5, 0.6) is 0 Å². The SMILES string of the molecule is CC(C)C=[N+]([O-])C(=O)CCCC#N. The monoisotopic (exact) mass is 182 g/mol. The zero-order valence-electron chi connectivity index (χ0n) is 7.99. The first kappa shape index (κ1) is 11.6. The second-order valence-corrected chi connectivity index (χ2v) is 3.12. The van der Waals surface area contributed by atoms with Gasteiger partial charge in [-0.05, 0) is 6.42 Å². The number of hydrogen-bond donors (Lipinski definition) is 0. The minimum absolute atomic E-state index is 0.0671. The maximum absolute atomic E-state index is 11.0.